The average Bonchev–Trinajstić information content (AvgIpc) is 3.15. The molecule has 0 bridgehead atoms. The first kappa shape index (κ1) is 16.3. The maximum atomic E-state index is 4.55. The number of aromatic nitrogens is 5. The molecule has 1 atom stereocenters. The molecule has 6 heteroatoms. The Morgan fingerprint density at radius 2 is 2.12 bits per heavy atom. The van der Waals surface area contributed by atoms with Crippen LogP contribution >= 0.6 is 0 Å². The average molecular weight is 338 g/mol. The molecule has 0 saturated carbocycles. The van der Waals surface area contributed by atoms with Crippen molar-refractivity contribution >= 4 is 5.78 Å². The lowest BCUT2D eigenvalue weighted by atomic mass is 9.94. The quantitative estimate of drug-likeness (QED) is 0.733. The van der Waals surface area contributed by atoms with Gasteiger partial charge < -0.3 is 4.57 Å². The van der Waals surface area contributed by atoms with Gasteiger partial charge in [-0.15, -0.1) is 0 Å². The van der Waals surface area contributed by atoms with Gasteiger partial charge in [-0.25, -0.2) is 15.0 Å². The van der Waals surface area contributed by atoms with Crippen molar-refractivity contribution in [1.82, 2.24) is 28.8 Å². The molecule has 3 aromatic heterocycles. The van der Waals surface area contributed by atoms with E-state index in [4.69, 9.17) is 0 Å². The van der Waals surface area contributed by atoms with Crippen molar-refractivity contribution in [3.05, 3.63) is 47.6 Å². The van der Waals surface area contributed by atoms with Gasteiger partial charge in [0.1, 0.15) is 5.82 Å². The van der Waals surface area contributed by atoms with Gasteiger partial charge in [-0.3, -0.25) is 9.30 Å². The molecule has 0 spiro atoms. The zero-order valence-corrected chi connectivity index (χ0v) is 15.3. The summed E-state index contributed by atoms with van der Waals surface area (Å²) < 4.78 is 4.33. The van der Waals surface area contributed by atoms with E-state index in [1.54, 1.807) is 0 Å². The topological polar surface area (TPSA) is 51.2 Å². The summed E-state index contributed by atoms with van der Waals surface area (Å²) in [5.41, 5.74) is 3.46. The second kappa shape index (κ2) is 6.59. The van der Waals surface area contributed by atoms with E-state index in [0.717, 1.165) is 37.5 Å². The lowest BCUT2D eigenvalue weighted by Gasteiger charge is -2.32. The van der Waals surface area contributed by atoms with Crippen LogP contribution in [0.4, 0.5) is 0 Å². The van der Waals surface area contributed by atoms with E-state index < -0.39 is 0 Å². The molecule has 4 heterocycles. The molecule has 1 saturated heterocycles. The summed E-state index contributed by atoms with van der Waals surface area (Å²) in [6.45, 7) is 7.37. The van der Waals surface area contributed by atoms with Crippen molar-refractivity contribution in [3.63, 3.8) is 0 Å². The number of hydrogen-bond acceptors (Lipinski definition) is 4. The maximum Gasteiger partial charge on any atom is 0.234 e. The summed E-state index contributed by atoms with van der Waals surface area (Å²) in [5, 5.41) is 0. The summed E-state index contributed by atoms with van der Waals surface area (Å²) in [4.78, 5) is 16.1. The van der Waals surface area contributed by atoms with Crippen molar-refractivity contribution < 1.29 is 0 Å². The molecule has 0 radical (unpaired) electrons. The largest absolute Gasteiger partial charge is 0.338 e. The third-order valence-corrected chi connectivity index (χ3v) is 5.24. The predicted octanol–water partition coefficient (Wildman–Crippen LogP) is 2.53. The van der Waals surface area contributed by atoms with Crippen LogP contribution in [0, 0.1) is 19.8 Å². The van der Waals surface area contributed by atoms with Crippen molar-refractivity contribution in [2.45, 2.75) is 39.7 Å². The van der Waals surface area contributed by atoms with Crippen LogP contribution in [-0.2, 0) is 20.0 Å². The van der Waals surface area contributed by atoms with Crippen LogP contribution in [0.2, 0.25) is 0 Å². The lowest BCUT2D eigenvalue weighted by Crippen LogP contribution is -2.36. The Bertz CT molecular complexity index is 877. The second-order valence-electron chi connectivity index (χ2n) is 7.33. The minimum atomic E-state index is 0.676. The Hall–Kier alpha value is -2.21. The van der Waals surface area contributed by atoms with Crippen LogP contribution in [0.25, 0.3) is 5.78 Å². The van der Waals surface area contributed by atoms with E-state index >= 15 is 0 Å². The normalized spacial score (nSPS) is 18.9. The molecule has 4 rings (SSSR count). The molecular weight excluding hydrogens is 312 g/mol. The highest BCUT2D eigenvalue weighted by Crippen LogP contribution is 2.22. The number of likely N-dealkylation sites (tertiary alicyclic amines) is 1. The van der Waals surface area contributed by atoms with Gasteiger partial charge in [0.15, 0.2) is 0 Å². The molecule has 1 aliphatic heterocycles. The zero-order chi connectivity index (χ0) is 17.4. The monoisotopic (exact) mass is 338 g/mol. The molecule has 0 N–H and O–H groups in total. The van der Waals surface area contributed by atoms with E-state index in [1.807, 2.05) is 25.5 Å². The number of hydrogen-bond donors (Lipinski definition) is 0. The van der Waals surface area contributed by atoms with E-state index in [1.165, 1.54) is 30.1 Å². The molecular formula is C19H26N6. The fourth-order valence-corrected chi connectivity index (χ4v) is 4.05. The molecule has 3 aromatic rings. The van der Waals surface area contributed by atoms with Crippen LogP contribution in [0.3, 0.4) is 0 Å². The van der Waals surface area contributed by atoms with E-state index in [9.17, 15) is 0 Å². The minimum Gasteiger partial charge on any atom is -0.338 e. The summed E-state index contributed by atoms with van der Waals surface area (Å²) in [6, 6.07) is 2.12. The first-order valence-corrected chi connectivity index (χ1v) is 9.09. The highest BCUT2D eigenvalue weighted by Gasteiger charge is 2.22. The Balaban J connectivity index is 1.48. The number of piperidine rings is 1. The molecule has 1 aliphatic rings. The predicted molar refractivity (Wildman–Crippen MR) is 97.4 cm³/mol. The van der Waals surface area contributed by atoms with Gasteiger partial charge in [-0.2, -0.15) is 0 Å². The van der Waals surface area contributed by atoms with Crippen molar-refractivity contribution in [2.75, 3.05) is 13.1 Å². The second-order valence-corrected chi connectivity index (χ2v) is 7.33. The molecule has 0 amide bonds. The van der Waals surface area contributed by atoms with Crippen LogP contribution < -0.4 is 0 Å². The van der Waals surface area contributed by atoms with Crippen molar-refractivity contribution in [2.24, 2.45) is 13.0 Å². The molecule has 0 aliphatic carbocycles. The highest BCUT2D eigenvalue weighted by molar-refractivity contribution is 5.35. The Labute approximate surface area is 148 Å². The molecule has 25 heavy (non-hydrogen) atoms. The number of aryl methyl sites for hydroxylation is 3. The van der Waals surface area contributed by atoms with Gasteiger partial charge in [-0.05, 0) is 45.2 Å². The third kappa shape index (κ3) is 3.31. The van der Waals surface area contributed by atoms with Crippen LogP contribution in [0.15, 0.2) is 24.7 Å². The third-order valence-electron chi connectivity index (χ3n) is 5.24. The molecule has 6 nitrogen and oxygen atoms in total. The highest BCUT2D eigenvalue weighted by atomic mass is 15.2. The molecule has 1 fully saturated rings. The summed E-state index contributed by atoms with van der Waals surface area (Å²) >= 11 is 0. The van der Waals surface area contributed by atoms with Gasteiger partial charge >= 0.3 is 0 Å². The van der Waals surface area contributed by atoms with Crippen molar-refractivity contribution in [3.8, 4) is 0 Å². The smallest absolute Gasteiger partial charge is 0.234 e. The van der Waals surface area contributed by atoms with Gasteiger partial charge in [0, 0.05) is 50.3 Å². The SMILES string of the molecule is Cc1cc(C)n2c(CN3CCC[C@H](Cc4nccn4C)C3)cnc2n1. The zero-order valence-electron chi connectivity index (χ0n) is 15.3. The van der Waals surface area contributed by atoms with E-state index in [0.29, 0.717) is 5.92 Å². The first-order valence-electron chi connectivity index (χ1n) is 9.09. The number of imidazole rings is 2. The van der Waals surface area contributed by atoms with Crippen LogP contribution in [-0.4, -0.2) is 41.9 Å². The summed E-state index contributed by atoms with van der Waals surface area (Å²) in [6.07, 6.45) is 9.51. The van der Waals surface area contributed by atoms with Crippen LogP contribution in [0.1, 0.15) is 35.7 Å². The van der Waals surface area contributed by atoms with Gasteiger partial charge in [0.2, 0.25) is 5.78 Å². The van der Waals surface area contributed by atoms with Crippen molar-refractivity contribution in [1.29, 1.82) is 0 Å². The first-order chi connectivity index (χ1) is 12.1. The molecule has 0 unspecified atom stereocenters. The fourth-order valence-electron chi connectivity index (χ4n) is 4.05. The van der Waals surface area contributed by atoms with E-state index in [-0.39, 0.29) is 0 Å². The fraction of sp³-hybridized carbons (Fsp3) is 0.526. The van der Waals surface area contributed by atoms with Gasteiger partial charge in [-0.1, -0.05) is 0 Å². The molecule has 0 aromatic carbocycles. The van der Waals surface area contributed by atoms with Crippen LogP contribution in [0.5, 0.6) is 0 Å². The number of fused-ring (bicyclic) bond motifs is 1. The number of rotatable bonds is 4. The lowest BCUT2D eigenvalue weighted by molar-refractivity contribution is 0.163. The summed E-state index contributed by atoms with van der Waals surface area (Å²) in [7, 11) is 2.08. The minimum absolute atomic E-state index is 0.676. The van der Waals surface area contributed by atoms with E-state index in [2.05, 4.69) is 48.9 Å². The standard InChI is InChI=1S/C19H26N6/c1-14-9-15(2)25-17(11-21-19(25)22-14)13-24-7-4-5-16(12-24)10-18-20-6-8-23(18)3/h6,8-9,11,16H,4-5,7,10,12-13H2,1-3H3/t16-/m1/s1. The molecule has 132 valence electrons. The Kier molecular flexibility index (Phi) is 4.29. The Morgan fingerprint density at radius 3 is 2.92 bits per heavy atom. The maximum absolute atomic E-state index is 4.55. The van der Waals surface area contributed by atoms with Gasteiger partial charge in [0.25, 0.3) is 0 Å². The summed E-state index contributed by atoms with van der Waals surface area (Å²) in [5.74, 6) is 2.68. The Morgan fingerprint density at radius 1 is 1.24 bits per heavy atom. The number of nitrogens with zero attached hydrogens (tertiary/aromatic N) is 6. The van der Waals surface area contributed by atoms with Gasteiger partial charge in [0.05, 0.1) is 11.9 Å².